The molecule has 4 heteroatoms. The predicted molar refractivity (Wildman–Crippen MR) is 59.3 cm³/mol. The van der Waals surface area contributed by atoms with E-state index in [9.17, 15) is 4.79 Å². The molecular weight excluding hydrogens is 192 g/mol. The highest BCUT2D eigenvalue weighted by atomic mass is 16.3. The van der Waals surface area contributed by atoms with Gasteiger partial charge in [0.25, 0.3) is 0 Å². The van der Waals surface area contributed by atoms with Gasteiger partial charge in [-0.15, -0.1) is 0 Å². The maximum Gasteiger partial charge on any atom is 0.227 e. The monoisotopic (exact) mass is 214 g/mol. The molecule has 0 saturated heterocycles. The van der Waals surface area contributed by atoms with Crippen LogP contribution in [0.3, 0.4) is 0 Å². The Kier molecular flexibility index (Phi) is 4.54. The fourth-order valence-corrected chi connectivity index (χ4v) is 1.77. The third kappa shape index (κ3) is 2.92. The lowest BCUT2D eigenvalue weighted by Gasteiger charge is -2.39. The van der Waals surface area contributed by atoms with Gasteiger partial charge in [-0.3, -0.25) is 4.79 Å². The highest BCUT2D eigenvalue weighted by Gasteiger charge is 2.31. The van der Waals surface area contributed by atoms with Gasteiger partial charge in [0.1, 0.15) is 0 Å². The van der Waals surface area contributed by atoms with Gasteiger partial charge in [-0.1, -0.05) is 6.92 Å². The first-order valence-corrected chi connectivity index (χ1v) is 5.74. The number of aliphatic hydroxyl groups is 1. The number of hydrogen-bond acceptors (Lipinski definition) is 3. The van der Waals surface area contributed by atoms with Crippen LogP contribution in [-0.4, -0.2) is 41.1 Å². The molecule has 1 amide bonds. The molecule has 4 nitrogen and oxygen atoms in total. The van der Waals surface area contributed by atoms with E-state index in [2.05, 4.69) is 0 Å². The van der Waals surface area contributed by atoms with Crippen molar-refractivity contribution in [3.8, 4) is 0 Å². The molecule has 0 heterocycles. The molecule has 3 N–H and O–H groups in total. The molecule has 1 saturated carbocycles. The number of carbonyl (C=O) groups is 1. The van der Waals surface area contributed by atoms with Gasteiger partial charge in [0.05, 0.1) is 12.5 Å². The van der Waals surface area contributed by atoms with Crippen LogP contribution >= 0.6 is 0 Å². The molecule has 0 aliphatic heterocycles. The Labute approximate surface area is 91.4 Å². The number of nitrogens with two attached hydrogens (primary N) is 1. The van der Waals surface area contributed by atoms with Gasteiger partial charge in [-0.05, 0) is 26.2 Å². The minimum absolute atomic E-state index is 0.0356. The zero-order valence-corrected chi connectivity index (χ0v) is 9.65. The maximum absolute atomic E-state index is 12.0. The molecule has 88 valence electrons. The van der Waals surface area contributed by atoms with Crippen molar-refractivity contribution >= 4 is 5.91 Å². The van der Waals surface area contributed by atoms with Gasteiger partial charge < -0.3 is 15.7 Å². The summed E-state index contributed by atoms with van der Waals surface area (Å²) in [5.74, 6) is -0.0686. The summed E-state index contributed by atoms with van der Waals surface area (Å²) in [6, 6.07) is 0.213. The number of carbonyl (C=O) groups excluding carboxylic acids is 1. The SMILES string of the molecule is CC(N)C(C)C(=O)N(CCO)C1CCC1. The highest BCUT2D eigenvalue weighted by molar-refractivity contribution is 5.79. The van der Waals surface area contributed by atoms with Crippen LogP contribution in [0, 0.1) is 5.92 Å². The molecule has 15 heavy (non-hydrogen) atoms. The summed E-state index contributed by atoms with van der Waals surface area (Å²) in [4.78, 5) is 13.8. The molecule has 0 spiro atoms. The lowest BCUT2D eigenvalue weighted by atomic mass is 9.90. The topological polar surface area (TPSA) is 66.6 Å². The molecule has 1 aliphatic rings. The van der Waals surface area contributed by atoms with Crippen LogP contribution < -0.4 is 5.73 Å². The molecule has 0 aromatic heterocycles. The number of hydrogen-bond donors (Lipinski definition) is 2. The average molecular weight is 214 g/mol. The van der Waals surface area contributed by atoms with Crippen molar-refractivity contribution in [3.05, 3.63) is 0 Å². The first-order chi connectivity index (χ1) is 7.07. The Morgan fingerprint density at radius 1 is 1.53 bits per heavy atom. The molecule has 0 bridgehead atoms. The Hall–Kier alpha value is -0.610. The second-order valence-corrected chi connectivity index (χ2v) is 4.49. The summed E-state index contributed by atoms with van der Waals surface area (Å²) in [5.41, 5.74) is 5.72. The fourth-order valence-electron chi connectivity index (χ4n) is 1.77. The van der Waals surface area contributed by atoms with Gasteiger partial charge >= 0.3 is 0 Å². The third-order valence-corrected chi connectivity index (χ3v) is 3.32. The molecule has 0 aromatic carbocycles. The highest BCUT2D eigenvalue weighted by Crippen LogP contribution is 2.26. The number of nitrogens with zero attached hydrogens (tertiary/aromatic N) is 1. The van der Waals surface area contributed by atoms with E-state index in [1.165, 1.54) is 6.42 Å². The molecule has 0 radical (unpaired) electrons. The van der Waals surface area contributed by atoms with Gasteiger partial charge in [0, 0.05) is 18.6 Å². The standard InChI is InChI=1S/C11H22N2O2/c1-8(9(2)12)11(15)13(6-7-14)10-4-3-5-10/h8-10,14H,3-7,12H2,1-2H3. The third-order valence-electron chi connectivity index (χ3n) is 3.32. The molecule has 1 aliphatic carbocycles. The minimum atomic E-state index is -0.155. The Morgan fingerprint density at radius 3 is 2.47 bits per heavy atom. The molecule has 2 unspecified atom stereocenters. The maximum atomic E-state index is 12.0. The van der Waals surface area contributed by atoms with E-state index in [1.807, 2.05) is 13.8 Å². The Bertz CT molecular complexity index is 215. The second-order valence-electron chi connectivity index (χ2n) is 4.49. The zero-order chi connectivity index (χ0) is 11.4. The van der Waals surface area contributed by atoms with Crippen molar-refractivity contribution < 1.29 is 9.90 Å². The molecule has 0 aromatic rings. The summed E-state index contributed by atoms with van der Waals surface area (Å²) in [7, 11) is 0. The van der Waals surface area contributed by atoms with Crippen LogP contribution in [0.2, 0.25) is 0 Å². The van der Waals surface area contributed by atoms with E-state index in [4.69, 9.17) is 10.8 Å². The molecular formula is C11H22N2O2. The van der Waals surface area contributed by atoms with E-state index in [0.717, 1.165) is 12.8 Å². The van der Waals surface area contributed by atoms with E-state index in [0.29, 0.717) is 12.6 Å². The smallest absolute Gasteiger partial charge is 0.227 e. The Morgan fingerprint density at radius 2 is 2.13 bits per heavy atom. The van der Waals surface area contributed by atoms with Gasteiger partial charge in [0.15, 0.2) is 0 Å². The predicted octanol–water partition coefficient (Wildman–Crippen LogP) is 0.343. The van der Waals surface area contributed by atoms with Gasteiger partial charge in [-0.25, -0.2) is 0 Å². The summed E-state index contributed by atoms with van der Waals surface area (Å²) >= 11 is 0. The lowest BCUT2D eigenvalue weighted by Crippen LogP contribution is -2.50. The summed E-state index contributed by atoms with van der Waals surface area (Å²) in [5, 5.41) is 8.95. The molecule has 1 rings (SSSR count). The quantitative estimate of drug-likeness (QED) is 0.693. The first kappa shape index (κ1) is 12.5. The van der Waals surface area contributed by atoms with E-state index in [-0.39, 0.29) is 24.5 Å². The van der Waals surface area contributed by atoms with Crippen molar-refractivity contribution in [1.29, 1.82) is 0 Å². The molecule has 2 atom stereocenters. The number of rotatable bonds is 5. The average Bonchev–Trinajstić information content (AvgIpc) is 2.12. The van der Waals surface area contributed by atoms with Crippen LogP contribution in [-0.2, 0) is 4.79 Å². The van der Waals surface area contributed by atoms with Crippen LogP contribution in [0.4, 0.5) is 0 Å². The van der Waals surface area contributed by atoms with Crippen LogP contribution in [0.25, 0.3) is 0 Å². The van der Waals surface area contributed by atoms with Crippen LogP contribution in [0.15, 0.2) is 0 Å². The van der Waals surface area contributed by atoms with E-state index in [1.54, 1.807) is 4.90 Å². The summed E-state index contributed by atoms with van der Waals surface area (Å²) in [6.07, 6.45) is 3.32. The minimum Gasteiger partial charge on any atom is -0.395 e. The lowest BCUT2D eigenvalue weighted by molar-refractivity contribution is -0.140. The summed E-state index contributed by atoms with van der Waals surface area (Å²) in [6.45, 7) is 4.19. The largest absolute Gasteiger partial charge is 0.395 e. The number of amides is 1. The van der Waals surface area contributed by atoms with Crippen LogP contribution in [0.5, 0.6) is 0 Å². The van der Waals surface area contributed by atoms with E-state index >= 15 is 0 Å². The first-order valence-electron chi connectivity index (χ1n) is 5.74. The van der Waals surface area contributed by atoms with Gasteiger partial charge in [-0.2, -0.15) is 0 Å². The zero-order valence-electron chi connectivity index (χ0n) is 9.65. The summed E-state index contributed by atoms with van der Waals surface area (Å²) < 4.78 is 0. The van der Waals surface area contributed by atoms with Crippen LogP contribution in [0.1, 0.15) is 33.1 Å². The number of aliphatic hydroxyl groups excluding tert-OH is 1. The van der Waals surface area contributed by atoms with Crippen molar-refractivity contribution in [2.75, 3.05) is 13.2 Å². The normalized spacial score (nSPS) is 20.5. The van der Waals surface area contributed by atoms with Crippen molar-refractivity contribution in [1.82, 2.24) is 4.90 Å². The van der Waals surface area contributed by atoms with Crippen molar-refractivity contribution in [2.45, 2.75) is 45.2 Å². The van der Waals surface area contributed by atoms with Gasteiger partial charge in [0.2, 0.25) is 5.91 Å². The van der Waals surface area contributed by atoms with E-state index < -0.39 is 0 Å². The van der Waals surface area contributed by atoms with Crippen molar-refractivity contribution in [2.24, 2.45) is 11.7 Å². The second kappa shape index (κ2) is 5.47. The fraction of sp³-hybridized carbons (Fsp3) is 0.909. The Balaban J connectivity index is 2.57. The molecule has 1 fully saturated rings. The van der Waals surface area contributed by atoms with Crippen molar-refractivity contribution in [3.63, 3.8) is 0 Å².